The molecular weight excluding hydrogens is 388 g/mol. The Hall–Kier alpha value is -2.12. The number of carbonyl (C=O) groups excluding carboxylic acids is 1. The molecule has 0 unspecified atom stereocenters. The van der Waals surface area contributed by atoms with E-state index in [2.05, 4.69) is 33.8 Å². The quantitative estimate of drug-likeness (QED) is 0.583. The lowest BCUT2D eigenvalue weighted by Gasteiger charge is -2.21. The summed E-state index contributed by atoms with van der Waals surface area (Å²) in [5.41, 5.74) is 1.46. The van der Waals surface area contributed by atoms with Gasteiger partial charge in [0, 0.05) is 29.6 Å². The number of amides is 1. The SMILES string of the molecule is CNC(=O)c1cc(Sc2ccc3nc(NCC4CCCCC4)sc3c2)ccn1. The van der Waals surface area contributed by atoms with Crippen molar-refractivity contribution in [2.24, 2.45) is 5.92 Å². The molecule has 1 saturated carbocycles. The zero-order valence-electron chi connectivity index (χ0n) is 15.9. The van der Waals surface area contributed by atoms with Crippen LogP contribution in [0.4, 0.5) is 5.13 Å². The van der Waals surface area contributed by atoms with E-state index in [4.69, 9.17) is 4.98 Å². The monoisotopic (exact) mass is 412 g/mol. The molecule has 0 atom stereocenters. The number of anilines is 1. The zero-order valence-corrected chi connectivity index (χ0v) is 17.5. The third-order valence-corrected chi connectivity index (χ3v) is 7.01. The van der Waals surface area contributed by atoms with Crippen molar-refractivity contribution in [3.05, 3.63) is 42.2 Å². The van der Waals surface area contributed by atoms with Crippen molar-refractivity contribution in [2.75, 3.05) is 18.9 Å². The number of thiazole rings is 1. The standard InChI is InChI=1S/C21H24N4OS2/c1-22-20(26)18-11-16(9-10-23-18)27-15-7-8-17-19(12-15)28-21(25-17)24-13-14-5-3-2-4-6-14/h7-12,14H,2-6,13H2,1H3,(H,22,26)(H,24,25). The second-order valence-corrected chi connectivity index (χ2v) is 9.27. The van der Waals surface area contributed by atoms with Crippen LogP contribution in [0.3, 0.4) is 0 Å². The van der Waals surface area contributed by atoms with Gasteiger partial charge in [-0.05, 0) is 49.1 Å². The van der Waals surface area contributed by atoms with E-state index >= 15 is 0 Å². The van der Waals surface area contributed by atoms with E-state index in [9.17, 15) is 4.79 Å². The summed E-state index contributed by atoms with van der Waals surface area (Å²) in [4.78, 5) is 22.7. The minimum atomic E-state index is -0.172. The number of carbonyl (C=O) groups is 1. The van der Waals surface area contributed by atoms with Crippen LogP contribution in [-0.4, -0.2) is 29.5 Å². The molecule has 0 spiro atoms. The molecule has 5 nitrogen and oxygen atoms in total. The van der Waals surface area contributed by atoms with Crippen LogP contribution in [0, 0.1) is 5.92 Å². The van der Waals surface area contributed by atoms with E-state index in [1.165, 1.54) is 36.8 Å². The van der Waals surface area contributed by atoms with Crippen LogP contribution >= 0.6 is 23.1 Å². The van der Waals surface area contributed by atoms with Gasteiger partial charge in [0.15, 0.2) is 5.13 Å². The van der Waals surface area contributed by atoms with Crippen LogP contribution in [0.2, 0.25) is 0 Å². The Morgan fingerprint density at radius 3 is 2.82 bits per heavy atom. The van der Waals surface area contributed by atoms with Gasteiger partial charge < -0.3 is 10.6 Å². The van der Waals surface area contributed by atoms with Crippen LogP contribution in [-0.2, 0) is 0 Å². The second-order valence-electron chi connectivity index (χ2n) is 7.09. The number of pyridine rings is 1. The van der Waals surface area contributed by atoms with Gasteiger partial charge in [0.1, 0.15) is 5.69 Å². The highest BCUT2D eigenvalue weighted by Gasteiger charge is 2.14. The molecular formula is C21H24N4OS2. The molecule has 0 radical (unpaired) electrons. The normalized spacial score (nSPS) is 14.9. The van der Waals surface area contributed by atoms with Crippen LogP contribution in [0.1, 0.15) is 42.6 Å². The second kappa shape index (κ2) is 8.92. The predicted octanol–water partition coefficient (Wildman–Crippen LogP) is 5.19. The van der Waals surface area contributed by atoms with Gasteiger partial charge >= 0.3 is 0 Å². The lowest BCUT2D eigenvalue weighted by molar-refractivity contribution is 0.0958. The summed E-state index contributed by atoms with van der Waals surface area (Å²) < 4.78 is 1.18. The summed E-state index contributed by atoms with van der Waals surface area (Å²) in [6.45, 7) is 1.03. The highest BCUT2D eigenvalue weighted by molar-refractivity contribution is 7.99. The lowest BCUT2D eigenvalue weighted by Crippen LogP contribution is -2.18. The minimum absolute atomic E-state index is 0.172. The fourth-order valence-corrected chi connectivity index (χ4v) is 5.40. The van der Waals surface area contributed by atoms with Crippen molar-refractivity contribution in [2.45, 2.75) is 41.9 Å². The molecule has 1 amide bonds. The Labute approximate surface area is 173 Å². The fraction of sp³-hybridized carbons (Fsp3) is 0.381. The molecule has 2 aromatic heterocycles. The molecule has 4 rings (SSSR count). The van der Waals surface area contributed by atoms with E-state index in [0.717, 1.165) is 32.9 Å². The van der Waals surface area contributed by atoms with Crippen molar-refractivity contribution in [3.63, 3.8) is 0 Å². The number of benzene rings is 1. The van der Waals surface area contributed by atoms with Crippen LogP contribution < -0.4 is 10.6 Å². The Balaban J connectivity index is 1.45. The maximum Gasteiger partial charge on any atom is 0.269 e. The van der Waals surface area contributed by atoms with Gasteiger partial charge in [0.05, 0.1) is 10.2 Å². The molecule has 146 valence electrons. The highest BCUT2D eigenvalue weighted by atomic mass is 32.2. The van der Waals surface area contributed by atoms with Crippen molar-refractivity contribution in [3.8, 4) is 0 Å². The molecule has 1 fully saturated rings. The lowest BCUT2D eigenvalue weighted by atomic mass is 9.89. The van der Waals surface area contributed by atoms with E-state index in [1.54, 1.807) is 36.3 Å². The number of aromatic nitrogens is 2. The first-order chi connectivity index (χ1) is 13.7. The Bertz CT molecular complexity index is 966. The highest BCUT2D eigenvalue weighted by Crippen LogP contribution is 2.34. The van der Waals surface area contributed by atoms with Gasteiger partial charge in [-0.25, -0.2) is 4.98 Å². The first-order valence-corrected chi connectivity index (χ1v) is 11.3. The van der Waals surface area contributed by atoms with Crippen LogP contribution in [0.15, 0.2) is 46.3 Å². The molecule has 1 aromatic carbocycles. The fourth-order valence-electron chi connectivity index (χ4n) is 3.53. The molecule has 28 heavy (non-hydrogen) atoms. The van der Waals surface area contributed by atoms with Gasteiger partial charge in [-0.15, -0.1) is 0 Å². The number of nitrogens with one attached hydrogen (secondary N) is 2. The van der Waals surface area contributed by atoms with Crippen molar-refractivity contribution < 1.29 is 4.79 Å². The van der Waals surface area contributed by atoms with Gasteiger partial charge in [-0.2, -0.15) is 0 Å². The summed E-state index contributed by atoms with van der Waals surface area (Å²) in [7, 11) is 1.61. The third-order valence-electron chi connectivity index (χ3n) is 5.05. The summed E-state index contributed by atoms with van der Waals surface area (Å²) >= 11 is 3.34. The van der Waals surface area contributed by atoms with E-state index < -0.39 is 0 Å². The van der Waals surface area contributed by atoms with Gasteiger partial charge in [0.25, 0.3) is 5.91 Å². The molecule has 0 bridgehead atoms. The third kappa shape index (κ3) is 4.64. The van der Waals surface area contributed by atoms with Crippen molar-refractivity contribution in [1.82, 2.24) is 15.3 Å². The smallest absolute Gasteiger partial charge is 0.269 e. The van der Waals surface area contributed by atoms with Crippen molar-refractivity contribution in [1.29, 1.82) is 0 Å². The first-order valence-electron chi connectivity index (χ1n) is 9.72. The Morgan fingerprint density at radius 1 is 1.18 bits per heavy atom. The molecule has 7 heteroatoms. The van der Waals surface area contributed by atoms with Crippen LogP contribution in [0.5, 0.6) is 0 Å². The first kappa shape index (κ1) is 19.2. The van der Waals surface area contributed by atoms with E-state index in [0.29, 0.717) is 5.69 Å². The average Bonchev–Trinajstić information content (AvgIpc) is 3.15. The molecule has 1 aliphatic rings. The van der Waals surface area contributed by atoms with Gasteiger partial charge in [-0.3, -0.25) is 9.78 Å². The van der Waals surface area contributed by atoms with E-state index in [1.807, 2.05) is 12.1 Å². The predicted molar refractivity (Wildman–Crippen MR) is 116 cm³/mol. The molecule has 2 N–H and O–H groups in total. The molecule has 0 aliphatic heterocycles. The number of hydrogen-bond donors (Lipinski definition) is 2. The Kier molecular flexibility index (Phi) is 6.12. The maximum absolute atomic E-state index is 11.8. The largest absolute Gasteiger partial charge is 0.361 e. The van der Waals surface area contributed by atoms with Gasteiger partial charge in [0.2, 0.25) is 0 Å². The summed E-state index contributed by atoms with van der Waals surface area (Å²) in [6, 6.07) is 10.1. The van der Waals surface area contributed by atoms with Gasteiger partial charge in [-0.1, -0.05) is 42.4 Å². The Morgan fingerprint density at radius 2 is 2.00 bits per heavy atom. The molecule has 3 aromatic rings. The maximum atomic E-state index is 11.8. The van der Waals surface area contributed by atoms with E-state index in [-0.39, 0.29) is 5.91 Å². The zero-order chi connectivity index (χ0) is 19.3. The number of rotatable bonds is 6. The number of hydrogen-bond acceptors (Lipinski definition) is 6. The number of nitrogens with zero attached hydrogens (tertiary/aromatic N) is 2. The summed E-state index contributed by atoms with van der Waals surface area (Å²) in [5.74, 6) is 0.613. The minimum Gasteiger partial charge on any atom is -0.361 e. The molecule has 1 aliphatic carbocycles. The summed E-state index contributed by atoms with van der Waals surface area (Å²) in [5, 5.41) is 7.17. The molecule has 2 heterocycles. The van der Waals surface area contributed by atoms with Crippen LogP contribution in [0.25, 0.3) is 10.2 Å². The van der Waals surface area contributed by atoms with Crippen molar-refractivity contribution >= 4 is 44.4 Å². The number of fused-ring (bicyclic) bond motifs is 1. The average molecular weight is 413 g/mol. The topological polar surface area (TPSA) is 66.9 Å². The molecule has 0 saturated heterocycles. The summed E-state index contributed by atoms with van der Waals surface area (Å²) in [6.07, 6.45) is 8.46.